The number of rotatable bonds is 8. The number of aryl methyl sites for hydroxylation is 2. The third-order valence-corrected chi connectivity index (χ3v) is 5.17. The van der Waals surface area contributed by atoms with Gasteiger partial charge in [-0.15, -0.1) is 10.2 Å². The number of unbranched alkanes of at least 4 members (excludes halogenated alkanes) is 1. The van der Waals surface area contributed by atoms with Crippen LogP contribution >= 0.6 is 0 Å². The standard InChI is InChI=1S/C21H32FN7/c1-3-23-21(24-10-4-5-11-28-15-25-26-16-28)27-19-7-6-12-29(14-19)20-9-8-18(22)13-17(20)2/h8-9,13,15-16,19H,3-7,10-12,14H2,1-2H3,(H2,23,24,27). The SMILES string of the molecule is CCNC(=NCCCCn1cnnc1)NC1CCCN(c2ccc(F)cc2C)C1. The molecule has 0 radical (unpaired) electrons. The lowest BCUT2D eigenvalue weighted by molar-refractivity contribution is 0.467. The molecule has 1 aromatic carbocycles. The molecule has 0 amide bonds. The minimum atomic E-state index is -0.177. The Bertz CT molecular complexity index is 775. The van der Waals surface area contributed by atoms with Crippen LogP contribution in [0.3, 0.4) is 0 Å². The van der Waals surface area contributed by atoms with Crippen molar-refractivity contribution in [2.24, 2.45) is 4.99 Å². The number of halogens is 1. The number of nitrogens with zero attached hydrogens (tertiary/aromatic N) is 5. The molecule has 2 aromatic rings. The van der Waals surface area contributed by atoms with Crippen molar-refractivity contribution in [3.8, 4) is 0 Å². The summed E-state index contributed by atoms with van der Waals surface area (Å²) in [5, 5.41) is 14.6. The van der Waals surface area contributed by atoms with Gasteiger partial charge < -0.3 is 20.1 Å². The lowest BCUT2D eigenvalue weighted by Crippen LogP contribution is -2.51. The highest BCUT2D eigenvalue weighted by Crippen LogP contribution is 2.24. The van der Waals surface area contributed by atoms with Gasteiger partial charge >= 0.3 is 0 Å². The molecule has 0 bridgehead atoms. The Balaban J connectivity index is 1.50. The van der Waals surface area contributed by atoms with Crippen LogP contribution in [-0.2, 0) is 6.54 Å². The van der Waals surface area contributed by atoms with Gasteiger partial charge in [-0.2, -0.15) is 0 Å². The topological polar surface area (TPSA) is 70.4 Å². The predicted octanol–water partition coefficient (Wildman–Crippen LogP) is 2.73. The summed E-state index contributed by atoms with van der Waals surface area (Å²) in [5.41, 5.74) is 2.10. The molecule has 0 saturated carbocycles. The summed E-state index contributed by atoms with van der Waals surface area (Å²) in [6.07, 6.45) is 7.75. The van der Waals surface area contributed by atoms with Crippen molar-refractivity contribution >= 4 is 11.6 Å². The van der Waals surface area contributed by atoms with Crippen LogP contribution in [0.4, 0.5) is 10.1 Å². The first-order chi connectivity index (χ1) is 14.2. The third-order valence-electron chi connectivity index (χ3n) is 5.17. The first-order valence-corrected chi connectivity index (χ1v) is 10.5. The zero-order valence-electron chi connectivity index (χ0n) is 17.4. The molecule has 0 aliphatic carbocycles. The van der Waals surface area contributed by atoms with Gasteiger partial charge in [0.25, 0.3) is 0 Å². The molecule has 2 heterocycles. The quantitative estimate of drug-likeness (QED) is 0.404. The van der Waals surface area contributed by atoms with Crippen LogP contribution in [0.1, 0.15) is 38.2 Å². The molecule has 2 N–H and O–H groups in total. The molecule has 3 rings (SSSR count). The van der Waals surface area contributed by atoms with Crippen molar-refractivity contribution in [3.05, 3.63) is 42.2 Å². The molecule has 7 nitrogen and oxygen atoms in total. The Morgan fingerprint density at radius 2 is 2.10 bits per heavy atom. The first-order valence-electron chi connectivity index (χ1n) is 10.5. The zero-order chi connectivity index (χ0) is 20.5. The van der Waals surface area contributed by atoms with Gasteiger partial charge in [0.15, 0.2) is 5.96 Å². The Morgan fingerprint density at radius 3 is 2.86 bits per heavy atom. The second-order valence-electron chi connectivity index (χ2n) is 7.53. The molecular weight excluding hydrogens is 369 g/mol. The van der Waals surface area contributed by atoms with Crippen LogP contribution in [0.25, 0.3) is 0 Å². The molecule has 1 unspecified atom stereocenters. The van der Waals surface area contributed by atoms with Crippen molar-refractivity contribution in [2.45, 2.75) is 52.1 Å². The number of piperidine rings is 1. The fraction of sp³-hybridized carbons (Fsp3) is 0.571. The molecule has 1 aliphatic rings. The number of hydrogen-bond donors (Lipinski definition) is 2. The molecule has 8 heteroatoms. The molecule has 1 fully saturated rings. The van der Waals surface area contributed by atoms with E-state index in [1.807, 2.05) is 17.6 Å². The lowest BCUT2D eigenvalue weighted by atomic mass is 10.0. The van der Waals surface area contributed by atoms with E-state index in [0.29, 0.717) is 6.04 Å². The summed E-state index contributed by atoms with van der Waals surface area (Å²) in [5.74, 6) is 0.697. The molecule has 29 heavy (non-hydrogen) atoms. The Kier molecular flexibility index (Phi) is 7.84. The maximum absolute atomic E-state index is 13.4. The number of aromatic nitrogens is 3. The largest absolute Gasteiger partial charge is 0.369 e. The van der Waals surface area contributed by atoms with E-state index in [4.69, 9.17) is 4.99 Å². The minimum absolute atomic E-state index is 0.177. The second kappa shape index (κ2) is 10.8. The molecular formula is C21H32FN7. The summed E-state index contributed by atoms with van der Waals surface area (Å²) in [7, 11) is 0. The molecule has 1 atom stereocenters. The summed E-state index contributed by atoms with van der Waals surface area (Å²) in [6.45, 7) is 8.48. The van der Waals surface area contributed by atoms with Gasteiger partial charge in [0.1, 0.15) is 18.5 Å². The fourth-order valence-corrected chi connectivity index (χ4v) is 3.74. The average molecular weight is 402 g/mol. The Hall–Kier alpha value is -2.64. The van der Waals surface area contributed by atoms with Crippen LogP contribution in [0.15, 0.2) is 35.8 Å². The second-order valence-corrected chi connectivity index (χ2v) is 7.53. The first kappa shape index (κ1) is 21.1. The minimum Gasteiger partial charge on any atom is -0.369 e. The highest BCUT2D eigenvalue weighted by molar-refractivity contribution is 5.80. The number of hydrogen-bond acceptors (Lipinski definition) is 4. The van der Waals surface area contributed by atoms with Gasteiger partial charge in [0, 0.05) is 44.5 Å². The molecule has 0 spiro atoms. The fourth-order valence-electron chi connectivity index (χ4n) is 3.74. The van der Waals surface area contributed by atoms with Crippen molar-refractivity contribution in [1.82, 2.24) is 25.4 Å². The molecule has 1 aromatic heterocycles. The zero-order valence-corrected chi connectivity index (χ0v) is 17.4. The van der Waals surface area contributed by atoms with Crippen LogP contribution < -0.4 is 15.5 Å². The van der Waals surface area contributed by atoms with Crippen molar-refractivity contribution in [2.75, 3.05) is 31.1 Å². The normalized spacial score (nSPS) is 17.4. The number of anilines is 1. The van der Waals surface area contributed by atoms with Crippen LogP contribution in [0, 0.1) is 12.7 Å². The van der Waals surface area contributed by atoms with Crippen molar-refractivity contribution in [3.63, 3.8) is 0 Å². The average Bonchev–Trinajstić information content (AvgIpc) is 3.21. The smallest absolute Gasteiger partial charge is 0.191 e. The van der Waals surface area contributed by atoms with Gasteiger partial charge in [0.05, 0.1) is 0 Å². The van der Waals surface area contributed by atoms with Crippen LogP contribution in [0.2, 0.25) is 0 Å². The van der Waals surface area contributed by atoms with Gasteiger partial charge in [0.2, 0.25) is 0 Å². The summed E-state index contributed by atoms with van der Waals surface area (Å²) < 4.78 is 15.4. The monoisotopic (exact) mass is 401 g/mol. The maximum atomic E-state index is 13.4. The van der Waals surface area contributed by atoms with Crippen molar-refractivity contribution in [1.29, 1.82) is 0 Å². The highest BCUT2D eigenvalue weighted by atomic mass is 19.1. The van der Waals surface area contributed by atoms with Gasteiger partial charge in [-0.1, -0.05) is 0 Å². The van der Waals surface area contributed by atoms with Gasteiger partial charge in [-0.25, -0.2) is 4.39 Å². The number of aliphatic imine (C=N–C) groups is 1. The van der Waals surface area contributed by atoms with E-state index >= 15 is 0 Å². The van der Waals surface area contributed by atoms with E-state index in [0.717, 1.165) is 75.6 Å². The van der Waals surface area contributed by atoms with Gasteiger partial charge in [-0.05, 0) is 63.3 Å². The molecule has 1 aliphatic heterocycles. The highest BCUT2D eigenvalue weighted by Gasteiger charge is 2.22. The van der Waals surface area contributed by atoms with Crippen molar-refractivity contribution < 1.29 is 4.39 Å². The van der Waals surface area contributed by atoms with E-state index in [1.54, 1.807) is 24.8 Å². The van der Waals surface area contributed by atoms with E-state index in [9.17, 15) is 4.39 Å². The van der Waals surface area contributed by atoms with E-state index in [1.165, 1.54) is 0 Å². The maximum Gasteiger partial charge on any atom is 0.191 e. The van der Waals surface area contributed by atoms with Crippen LogP contribution in [-0.4, -0.2) is 52.9 Å². The van der Waals surface area contributed by atoms with Crippen LogP contribution in [0.5, 0.6) is 0 Å². The van der Waals surface area contributed by atoms with E-state index in [2.05, 4.69) is 32.7 Å². The van der Waals surface area contributed by atoms with Gasteiger partial charge in [-0.3, -0.25) is 4.99 Å². The van der Waals surface area contributed by atoms with E-state index in [-0.39, 0.29) is 5.82 Å². The Labute approximate surface area is 172 Å². The molecule has 1 saturated heterocycles. The van der Waals surface area contributed by atoms with E-state index < -0.39 is 0 Å². The summed E-state index contributed by atoms with van der Waals surface area (Å²) in [6, 6.07) is 5.37. The Morgan fingerprint density at radius 1 is 1.28 bits per heavy atom. The predicted molar refractivity (Wildman–Crippen MR) is 115 cm³/mol. The summed E-state index contributed by atoms with van der Waals surface area (Å²) in [4.78, 5) is 7.09. The number of nitrogens with one attached hydrogen (secondary N) is 2. The lowest BCUT2D eigenvalue weighted by Gasteiger charge is -2.36. The third kappa shape index (κ3) is 6.44. The molecule has 158 valence electrons. The number of benzene rings is 1. The number of guanidine groups is 1. The summed E-state index contributed by atoms with van der Waals surface area (Å²) >= 11 is 0.